The Morgan fingerprint density at radius 2 is 1.93 bits per heavy atom. The van der Waals surface area contributed by atoms with Crippen molar-refractivity contribution in [2.24, 2.45) is 0 Å². The molecule has 0 heterocycles. The lowest BCUT2D eigenvalue weighted by Crippen LogP contribution is -2.48. The van der Waals surface area contributed by atoms with E-state index >= 15 is 0 Å². The van der Waals surface area contributed by atoms with Crippen LogP contribution in [0, 0.1) is 12.7 Å². The molecular formula is C23H29FN2O2S. The van der Waals surface area contributed by atoms with Gasteiger partial charge in [-0.25, -0.2) is 4.39 Å². The Kier molecular flexibility index (Phi) is 9.19. The average molecular weight is 417 g/mol. The summed E-state index contributed by atoms with van der Waals surface area (Å²) in [6, 6.07) is 13.9. The summed E-state index contributed by atoms with van der Waals surface area (Å²) in [4.78, 5) is 27.0. The summed E-state index contributed by atoms with van der Waals surface area (Å²) in [5.41, 5.74) is 2.66. The highest BCUT2D eigenvalue weighted by molar-refractivity contribution is 7.99. The van der Waals surface area contributed by atoms with Gasteiger partial charge < -0.3 is 10.2 Å². The smallest absolute Gasteiger partial charge is 0.242 e. The largest absolute Gasteiger partial charge is 0.354 e. The van der Waals surface area contributed by atoms with Crippen molar-refractivity contribution in [1.82, 2.24) is 10.2 Å². The van der Waals surface area contributed by atoms with E-state index in [1.54, 1.807) is 30.0 Å². The van der Waals surface area contributed by atoms with Gasteiger partial charge in [0.1, 0.15) is 11.9 Å². The zero-order valence-corrected chi connectivity index (χ0v) is 18.1. The molecule has 0 radical (unpaired) electrons. The third-order valence-corrected chi connectivity index (χ3v) is 5.56. The fraction of sp³-hybridized carbons (Fsp3) is 0.391. The first-order valence-electron chi connectivity index (χ1n) is 9.86. The fourth-order valence-electron chi connectivity index (χ4n) is 2.93. The van der Waals surface area contributed by atoms with Gasteiger partial charge in [-0.15, -0.1) is 11.8 Å². The molecule has 4 nitrogen and oxygen atoms in total. The van der Waals surface area contributed by atoms with Crippen LogP contribution in [0.3, 0.4) is 0 Å². The molecule has 0 aliphatic carbocycles. The second kappa shape index (κ2) is 11.6. The van der Waals surface area contributed by atoms with E-state index < -0.39 is 6.04 Å². The average Bonchev–Trinajstić information content (AvgIpc) is 2.71. The number of hydrogen-bond donors (Lipinski definition) is 1. The van der Waals surface area contributed by atoms with E-state index in [2.05, 4.69) is 5.32 Å². The molecule has 1 N–H and O–H groups in total. The first-order valence-corrected chi connectivity index (χ1v) is 11.0. The number of halogens is 1. The molecule has 6 heteroatoms. The normalized spacial score (nSPS) is 11.7. The summed E-state index contributed by atoms with van der Waals surface area (Å²) in [6.07, 6.45) is 0.836. The highest BCUT2D eigenvalue weighted by Gasteiger charge is 2.25. The summed E-state index contributed by atoms with van der Waals surface area (Å²) in [5.74, 6) is 0.0360. The van der Waals surface area contributed by atoms with Crippen molar-refractivity contribution in [3.8, 4) is 0 Å². The lowest BCUT2D eigenvalue weighted by molar-refractivity contribution is -0.138. The maximum Gasteiger partial charge on any atom is 0.242 e. The highest BCUT2D eigenvalue weighted by Crippen LogP contribution is 2.18. The number of rotatable bonds is 10. The van der Waals surface area contributed by atoms with Crippen molar-refractivity contribution in [3.63, 3.8) is 0 Å². The van der Waals surface area contributed by atoms with Crippen molar-refractivity contribution < 1.29 is 14.0 Å². The predicted octanol–water partition coefficient (Wildman–Crippen LogP) is 4.31. The van der Waals surface area contributed by atoms with E-state index in [1.165, 1.54) is 17.8 Å². The summed E-state index contributed by atoms with van der Waals surface area (Å²) in [6.45, 7) is 6.68. The lowest BCUT2D eigenvalue weighted by Gasteiger charge is -2.29. The Balaban J connectivity index is 2.07. The molecule has 0 spiro atoms. The first kappa shape index (κ1) is 22.9. The Bertz CT molecular complexity index is 828. The molecule has 0 aromatic heterocycles. The number of thioether (sulfide) groups is 1. The van der Waals surface area contributed by atoms with Crippen LogP contribution in [0.2, 0.25) is 0 Å². The van der Waals surface area contributed by atoms with E-state index in [4.69, 9.17) is 0 Å². The van der Waals surface area contributed by atoms with Crippen LogP contribution < -0.4 is 5.32 Å². The van der Waals surface area contributed by atoms with E-state index in [0.29, 0.717) is 24.4 Å². The quantitative estimate of drug-likeness (QED) is 0.628. The Hall–Kier alpha value is -2.34. The van der Waals surface area contributed by atoms with Gasteiger partial charge in [-0.2, -0.15) is 0 Å². The minimum Gasteiger partial charge on any atom is -0.354 e. The van der Waals surface area contributed by atoms with Gasteiger partial charge in [-0.1, -0.05) is 55.0 Å². The number of amides is 2. The van der Waals surface area contributed by atoms with Gasteiger partial charge in [0.2, 0.25) is 11.8 Å². The predicted molar refractivity (Wildman–Crippen MR) is 117 cm³/mol. The molecule has 156 valence electrons. The minimum absolute atomic E-state index is 0.132. The third kappa shape index (κ3) is 7.20. The van der Waals surface area contributed by atoms with Crippen LogP contribution >= 0.6 is 11.8 Å². The Morgan fingerprint density at radius 3 is 2.62 bits per heavy atom. The number of hydrogen-bond acceptors (Lipinski definition) is 3. The molecule has 2 rings (SSSR count). The lowest BCUT2D eigenvalue weighted by atomic mass is 10.1. The van der Waals surface area contributed by atoms with Gasteiger partial charge in [0.25, 0.3) is 0 Å². The molecule has 0 aliphatic heterocycles. The van der Waals surface area contributed by atoms with Crippen molar-refractivity contribution in [3.05, 3.63) is 71.0 Å². The zero-order valence-electron chi connectivity index (χ0n) is 17.3. The van der Waals surface area contributed by atoms with E-state index in [-0.39, 0.29) is 23.4 Å². The fourth-order valence-corrected chi connectivity index (χ4v) is 3.83. The van der Waals surface area contributed by atoms with Crippen molar-refractivity contribution in [2.75, 3.05) is 12.3 Å². The van der Waals surface area contributed by atoms with Gasteiger partial charge >= 0.3 is 0 Å². The van der Waals surface area contributed by atoms with Crippen LogP contribution in [0.1, 0.15) is 37.0 Å². The van der Waals surface area contributed by atoms with Crippen molar-refractivity contribution in [1.29, 1.82) is 0 Å². The number of carbonyl (C=O) groups is 2. The maximum atomic E-state index is 13.8. The Labute approximate surface area is 176 Å². The SMILES string of the molecule is CCCNC(=O)C(C)N(Cc1cccc(C)c1)C(=O)CSCc1ccccc1F. The second-order valence-corrected chi connectivity index (χ2v) is 8.05. The van der Waals surface area contributed by atoms with Crippen LogP contribution in [0.25, 0.3) is 0 Å². The molecular weight excluding hydrogens is 387 g/mol. The van der Waals surface area contributed by atoms with E-state index in [9.17, 15) is 14.0 Å². The molecule has 0 saturated carbocycles. The minimum atomic E-state index is -0.580. The van der Waals surface area contributed by atoms with Gasteiger partial charge in [0, 0.05) is 18.8 Å². The maximum absolute atomic E-state index is 13.8. The van der Waals surface area contributed by atoms with E-state index in [0.717, 1.165) is 17.5 Å². The van der Waals surface area contributed by atoms with Crippen LogP contribution in [0.15, 0.2) is 48.5 Å². The summed E-state index contributed by atoms with van der Waals surface area (Å²) in [5, 5.41) is 2.86. The van der Waals surface area contributed by atoms with E-state index in [1.807, 2.05) is 38.1 Å². The van der Waals surface area contributed by atoms with Crippen LogP contribution in [-0.2, 0) is 21.9 Å². The highest BCUT2D eigenvalue weighted by atomic mass is 32.2. The van der Waals surface area contributed by atoms with Gasteiger partial charge in [0.15, 0.2) is 0 Å². The number of benzene rings is 2. The summed E-state index contributed by atoms with van der Waals surface area (Å²) in [7, 11) is 0. The Morgan fingerprint density at radius 1 is 1.17 bits per heavy atom. The second-order valence-electron chi connectivity index (χ2n) is 7.06. The molecule has 0 bridgehead atoms. The molecule has 0 aliphatic rings. The zero-order chi connectivity index (χ0) is 21.2. The number of aryl methyl sites for hydroxylation is 1. The van der Waals surface area contributed by atoms with Crippen LogP contribution in [0.5, 0.6) is 0 Å². The van der Waals surface area contributed by atoms with Crippen molar-refractivity contribution in [2.45, 2.75) is 45.5 Å². The number of nitrogens with zero attached hydrogens (tertiary/aromatic N) is 1. The molecule has 1 atom stereocenters. The van der Waals surface area contributed by atoms with Crippen LogP contribution in [-0.4, -0.2) is 35.1 Å². The van der Waals surface area contributed by atoms with Gasteiger partial charge in [-0.05, 0) is 37.5 Å². The molecule has 2 aromatic carbocycles. The monoisotopic (exact) mass is 416 g/mol. The first-order chi connectivity index (χ1) is 13.9. The topological polar surface area (TPSA) is 49.4 Å². The summed E-state index contributed by atoms with van der Waals surface area (Å²) >= 11 is 1.35. The van der Waals surface area contributed by atoms with Crippen molar-refractivity contribution >= 4 is 23.6 Å². The molecule has 0 saturated heterocycles. The molecule has 1 unspecified atom stereocenters. The standard InChI is InChI=1S/C23H29FN2O2S/c1-4-12-25-23(28)18(3)26(14-19-9-7-8-17(2)13-19)22(27)16-29-15-20-10-5-6-11-21(20)24/h5-11,13,18H,4,12,14-16H2,1-3H3,(H,25,28). The van der Waals surface area contributed by atoms with Gasteiger partial charge in [-0.3, -0.25) is 9.59 Å². The molecule has 29 heavy (non-hydrogen) atoms. The van der Waals surface area contributed by atoms with Crippen LogP contribution in [0.4, 0.5) is 4.39 Å². The molecule has 2 amide bonds. The number of nitrogens with one attached hydrogen (secondary N) is 1. The third-order valence-electron chi connectivity index (χ3n) is 4.59. The summed E-state index contributed by atoms with van der Waals surface area (Å²) < 4.78 is 13.8. The van der Waals surface area contributed by atoms with Gasteiger partial charge in [0.05, 0.1) is 5.75 Å². The number of carbonyl (C=O) groups excluding carboxylic acids is 2. The molecule has 2 aromatic rings. The molecule has 0 fully saturated rings.